The van der Waals surface area contributed by atoms with Crippen molar-refractivity contribution in [3.63, 3.8) is 0 Å². The van der Waals surface area contributed by atoms with Gasteiger partial charge in [-0.15, -0.1) is 0 Å². The van der Waals surface area contributed by atoms with E-state index >= 15 is 0 Å². The van der Waals surface area contributed by atoms with E-state index in [0.717, 1.165) is 77.0 Å². The number of hydrogen-bond acceptors (Lipinski definition) is 10. The van der Waals surface area contributed by atoms with Crippen molar-refractivity contribution in [1.82, 2.24) is 0 Å². The first-order chi connectivity index (χ1) is 25.7. The Morgan fingerprint density at radius 1 is 0.585 bits per heavy atom. The highest BCUT2D eigenvalue weighted by Gasteiger charge is 2.70. The van der Waals surface area contributed by atoms with Crippen molar-refractivity contribution in [1.29, 1.82) is 0 Å². The Balaban J connectivity index is 2.45. The third-order valence-corrected chi connectivity index (χ3v) is 10.1. The van der Waals surface area contributed by atoms with Crippen molar-refractivity contribution in [2.75, 3.05) is 13.7 Å². The average Bonchev–Trinajstić information content (AvgIpc) is 3.15. The molecule has 1 aliphatic rings. The van der Waals surface area contributed by atoms with Crippen LogP contribution in [0.2, 0.25) is 0 Å². The van der Waals surface area contributed by atoms with Gasteiger partial charge >= 0.3 is 23.5 Å². The van der Waals surface area contributed by atoms with Crippen LogP contribution in [0, 0.1) is 0 Å². The first kappa shape index (κ1) is 49.2. The number of hydrogen-bond donors (Lipinski definition) is 4. The van der Waals surface area contributed by atoms with E-state index in [-0.39, 0.29) is 12.8 Å². The molecular formula is C43H78O10. The number of esters is 2. The summed E-state index contributed by atoms with van der Waals surface area (Å²) >= 11 is 0. The van der Waals surface area contributed by atoms with Crippen molar-refractivity contribution in [2.45, 2.75) is 224 Å². The van der Waals surface area contributed by atoms with Gasteiger partial charge in [0.15, 0.2) is 12.4 Å². The van der Waals surface area contributed by atoms with Gasteiger partial charge in [0.1, 0.15) is 12.7 Å². The topological polar surface area (TPSA) is 152 Å². The molecular weight excluding hydrogens is 676 g/mol. The van der Waals surface area contributed by atoms with E-state index in [1.54, 1.807) is 0 Å². The summed E-state index contributed by atoms with van der Waals surface area (Å²) in [5, 5.41) is 43.3. The number of methoxy groups -OCH3 is 1. The monoisotopic (exact) mass is 755 g/mol. The van der Waals surface area contributed by atoms with Crippen LogP contribution in [0.1, 0.15) is 194 Å². The van der Waals surface area contributed by atoms with Gasteiger partial charge in [-0.1, -0.05) is 141 Å². The first-order valence-corrected chi connectivity index (χ1v) is 21.3. The zero-order valence-corrected chi connectivity index (χ0v) is 33.8. The van der Waals surface area contributed by atoms with Crippen molar-refractivity contribution in [2.24, 2.45) is 0 Å². The van der Waals surface area contributed by atoms with E-state index in [4.69, 9.17) is 18.9 Å². The molecule has 10 heteroatoms. The zero-order valence-electron chi connectivity index (χ0n) is 33.8. The van der Waals surface area contributed by atoms with Crippen LogP contribution in [0.4, 0.5) is 0 Å². The van der Waals surface area contributed by atoms with Crippen LogP contribution in [0.3, 0.4) is 0 Å². The van der Waals surface area contributed by atoms with E-state index in [0.29, 0.717) is 12.8 Å². The molecule has 0 amide bonds. The van der Waals surface area contributed by atoms with Crippen molar-refractivity contribution < 1.29 is 49.0 Å². The Morgan fingerprint density at radius 2 is 0.943 bits per heavy atom. The Hall–Kier alpha value is -1.82. The van der Waals surface area contributed by atoms with Crippen LogP contribution in [0.5, 0.6) is 0 Å². The van der Waals surface area contributed by atoms with Crippen molar-refractivity contribution in [3.8, 4) is 0 Å². The summed E-state index contributed by atoms with van der Waals surface area (Å²) in [5.74, 6) is -7.49. The molecule has 10 nitrogen and oxygen atoms in total. The minimum atomic E-state index is -3.08. The quantitative estimate of drug-likeness (QED) is 0.0217. The second-order valence-electron chi connectivity index (χ2n) is 14.9. The van der Waals surface area contributed by atoms with Gasteiger partial charge in [-0.25, -0.2) is 0 Å². The van der Waals surface area contributed by atoms with Crippen LogP contribution >= 0.6 is 0 Å². The van der Waals surface area contributed by atoms with E-state index in [1.807, 2.05) is 0 Å². The Labute approximate surface area is 322 Å². The number of carbonyl (C=O) groups excluding carboxylic acids is 2. The fourth-order valence-corrected chi connectivity index (χ4v) is 6.69. The molecule has 1 rings (SSSR count). The number of ether oxygens (including phenoxy) is 4. The molecule has 0 radical (unpaired) electrons. The fourth-order valence-electron chi connectivity index (χ4n) is 6.69. The number of aliphatic hydroxyl groups is 4. The van der Waals surface area contributed by atoms with Gasteiger partial charge in [-0.2, -0.15) is 0 Å². The Kier molecular flexibility index (Phi) is 29.1. The predicted molar refractivity (Wildman–Crippen MR) is 210 cm³/mol. The summed E-state index contributed by atoms with van der Waals surface area (Å²) in [6, 6.07) is 0. The summed E-state index contributed by atoms with van der Waals surface area (Å²) in [4.78, 5) is 25.8. The van der Waals surface area contributed by atoms with Crippen molar-refractivity contribution in [3.05, 3.63) is 24.3 Å². The van der Waals surface area contributed by atoms with Gasteiger partial charge in [-0.3, -0.25) is 9.59 Å². The molecule has 1 saturated heterocycles. The van der Waals surface area contributed by atoms with Gasteiger partial charge in [0.2, 0.25) is 0 Å². The van der Waals surface area contributed by atoms with Gasteiger partial charge < -0.3 is 39.4 Å². The highest BCUT2D eigenvalue weighted by atomic mass is 16.8. The normalized spacial score (nSPS) is 23.3. The lowest BCUT2D eigenvalue weighted by Crippen LogP contribution is -2.76. The standard InChI is InChI=1S/C43H78O10/c1-4-6-8-10-12-14-16-18-20-22-24-26-28-30-32-34-37(45)51-42(36-44)43(49,40(48)39(47)41(50-3)53-42)52-38(46)35-33-31-29-27-25-23-21-19-17-15-13-11-9-7-5-2/h18-21,39-41,44,47-49H,4-17,22-36H2,1-3H3/b20-18-,21-19-/t39-,40+,41-,42?,43+/m0/s1. The molecule has 0 saturated carbocycles. The lowest BCUT2D eigenvalue weighted by Gasteiger charge is -2.51. The van der Waals surface area contributed by atoms with Crippen LogP contribution in [-0.4, -0.2) is 76.2 Å². The number of carbonyl (C=O) groups is 2. The lowest BCUT2D eigenvalue weighted by atomic mass is 9.91. The third-order valence-electron chi connectivity index (χ3n) is 10.1. The van der Waals surface area contributed by atoms with Crippen molar-refractivity contribution >= 4 is 11.9 Å². The molecule has 53 heavy (non-hydrogen) atoms. The highest BCUT2D eigenvalue weighted by molar-refractivity contribution is 5.71. The zero-order chi connectivity index (χ0) is 39.0. The van der Waals surface area contributed by atoms with Crippen LogP contribution < -0.4 is 0 Å². The third kappa shape index (κ3) is 20.6. The molecule has 1 aliphatic heterocycles. The molecule has 0 aromatic carbocycles. The molecule has 310 valence electrons. The van der Waals surface area contributed by atoms with Crippen LogP contribution in [0.15, 0.2) is 24.3 Å². The average molecular weight is 755 g/mol. The van der Waals surface area contributed by atoms with Crippen LogP contribution in [-0.2, 0) is 28.5 Å². The smallest absolute Gasteiger partial charge is 0.308 e. The predicted octanol–water partition coefficient (Wildman–Crippen LogP) is 9.25. The molecule has 0 aliphatic carbocycles. The SMILES string of the molecule is CCCCCCCC/C=C\CCCCCCCC(=O)OC1(CO)O[C@H](OC)[C@@H](O)[C@@H](O)[C@@]1(O)OC(=O)CCCCCCC/C=C\CCCCCCCC. The second kappa shape index (κ2) is 31.4. The molecule has 0 bridgehead atoms. The highest BCUT2D eigenvalue weighted by Crippen LogP contribution is 2.41. The molecule has 1 unspecified atom stereocenters. The molecule has 1 heterocycles. The van der Waals surface area contributed by atoms with Gasteiger partial charge in [-0.05, 0) is 64.2 Å². The Bertz CT molecular complexity index is 971. The minimum absolute atomic E-state index is 0.0431. The maximum Gasteiger partial charge on any atom is 0.308 e. The number of aliphatic hydroxyl groups excluding tert-OH is 3. The molecule has 5 atom stereocenters. The maximum absolute atomic E-state index is 12.9. The van der Waals surface area contributed by atoms with E-state index in [1.165, 1.54) is 84.2 Å². The summed E-state index contributed by atoms with van der Waals surface area (Å²) < 4.78 is 21.3. The summed E-state index contributed by atoms with van der Waals surface area (Å²) in [6.45, 7) is 3.31. The van der Waals surface area contributed by atoms with Gasteiger partial charge in [0.25, 0.3) is 0 Å². The molecule has 0 aromatic rings. The summed E-state index contributed by atoms with van der Waals surface area (Å²) in [5.41, 5.74) is 0. The number of allylic oxidation sites excluding steroid dienone is 4. The van der Waals surface area contributed by atoms with Gasteiger partial charge in [0.05, 0.1) is 0 Å². The fraction of sp³-hybridized carbons (Fsp3) is 0.860. The first-order valence-electron chi connectivity index (χ1n) is 21.3. The van der Waals surface area contributed by atoms with E-state index < -0.39 is 48.6 Å². The maximum atomic E-state index is 12.9. The minimum Gasteiger partial charge on any atom is -0.423 e. The molecule has 0 aromatic heterocycles. The Morgan fingerprint density at radius 3 is 1.32 bits per heavy atom. The number of unbranched alkanes of at least 4 members (excludes halogenated alkanes) is 22. The molecule has 1 fully saturated rings. The van der Waals surface area contributed by atoms with E-state index in [9.17, 15) is 30.0 Å². The lowest BCUT2D eigenvalue weighted by molar-refractivity contribution is -0.472. The van der Waals surface area contributed by atoms with E-state index in [2.05, 4.69) is 38.2 Å². The second-order valence-corrected chi connectivity index (χ2v) is 14.9. The summed E-state index contributed by atoms with van der Waals surface area (Å²) in [7, 11) is 1.18. The summed E-state index contributed by atoms with van der Waals surface area (Å²) in [6.07, 6.45) is 31.9. The van der Waals surface area contributed by atoms with Crippen LogP contribution in [0.25, 0.3) is 0 Å². The largest absolute Gasteiger partial charge is 0.423 e. The number of rotatable bonds is 34. The molecule has 4 N–H and O–H groups in total. The molecule has 0 spiro atoms. The van der Waals surface area contributed by atoms with Gasteiger partial charge in [0, 0.05) is 20.0 Å².